The van der Waals surface area contributed by atoms with Crippen molar-refractivity contribution in [1.29, 1.82) is 0 Å². The Bertz CT molecular complexity index is 115. The molecule has 0 aromatic heterocycles. The lowest BCUT2D eigenvalue weighted by molar-refractivity contribution is 0.949. The Labute approximate surface area is 44.5 Å². The minimum atomic E-state index is 0.988. The van der Waals surface area contributed by atoms with Gasteiger partial charge >= 0.3 is 0 Å². The van der Waals surface area contributed by atoms with E-state index in [9.17, 15) is 0 Å². The smallest absolute Gasteiger partial charge is 0.160 e. The summed E-state index contributed by atoms with van der Waals surface area (Å²) in [7, 11) is 2.06. The number of nitrogens with one attached hydrogen (secondary N) is 1. The van der Waals surface area contributed by atoms with E-state index in [4.69, 9.17) is 0 Å². The van der Waals surface area contributed by atoms with Crippen LogP contribution >= 0.6 is 0 Å². The third kappa shape index (κ3) is 1.11. The quantitative estimate of drug-likeness (QED) is 0.402. The fraction of sp³-hybridized carbons (Fsp3) is 0.200. The van der Waals surface area contributed by atoms with E-state index in [1.165, 1.54) is 5.60 Å². The van der Waals surface area contributed by atoms with E-state index in [2.05, 4.69) is 31.4 Å². The van der Waals surface area contributed by atoms with Crippen LogP contribution in [0.3, 0.4) is 0 Å². The fourth-order valence-corrected chi connectivity index (χ4v) is 0.559. The minimum Gasteiger partial charge on any atom is -0.393 e. The molecule has 36 valence electrons. The fourth-order valence-electron chi connectivity index (χ4n) is 0.559. The second-order valence-electron chi connectivity index (χ2n) is 1.66. The predicted octanol–water partition coefficient (Wildman–Crippen LogP) is -0.380. The minimum absolute atomic E-state index is 0.988. The van der Waals surface area contributed by atoms with Crippen molar-refractivity contribution in [2.75, 3.05) is 6.54 Å². The lowest BCUT2D eigenvalue weighted by Crippen LogP contribution is -2.14. The van der Waals surface area contributed by atoms with Crippen molar-refractivity contribution in [2.24, 2.45) is 0 Å². The van der Waals surface area contributed by atoms with Crippen LogP contribution in [0.5, 0.6) is 0 Å². The zero-order valence-electron chi connectivity index (χ0n) is 4.44. The molecule has 1 heterocycles. The SMILES string of the molecule is BC1=CC=CCN1. The second-order valence-corrected chi connectivity index (χ2v) is 1.66. The second kappa shape index (κ2) is 1.87. The Morgan fingerprint density at radius 2 is 2.57 bits per heavy atom. The van der Waals surface area contributed by atoms with E-state index in [0.717, 1.165) is 6.54 Å². The summed E-state index contributed by atoms with van der Waals surface area (Å²) in [5.41, 5.74) is 1.25. The lowest BCUT2D eigenvalue weighted by Gasteiger charge is -2.04. The number of dihydropyridines is 1. The van der Waals surface area contributed by atoms with Crippen molar-refractivity contribution in [3.8, 4) is 0 Å². The van der Waals surface area contributed by atoms with Gasteiger partial charge in [0.05, 0.1) is 0 Å². The summed E-state index contributed by atoms with van der Waals surface area (Å²) >= 11 is 0. The van der Waals surface area contributed by atoms with Crippen molar-refractivity contribution in [3.63, 3.8) is 0 Å². The van der Waals surface area contributed by atoms with Gasteiger partial charge in [0.25, 0.3) is 0 Å². The van der Waals surface area contributed by atoms with Crippen molar-refractivity contribution in [2.45, 2.75) is 0 Å². The predicted molar refractivity (Wildman–Crippen MR) is 33.8 cm³/mol. The highest BCUT2D eigenvalue weighted by Crippen LogP contribution is 1.87. The molecule has 1 nitrogen and oxygen atoms in total. The Balaban J connectivity index is 2.57. The van der Waals surface area contributed by atoms with Gasteiger partial charge in [0.1, 0.15) is 0 Å². The standard InChI is InChI=1S/C5H8BN/c6-5-3-1-2-4-7-5/h1-3,7H,4,6H2. The van der Waals surface area contributed by atoms with Gasteiger partial charge in [0.2, 0.25) is 0 Å². The van der Waals surface area contributed by atoms with Gasteiger partial charge in [-0.2, -0.15) is 0 Å². The van der Waals surface area contributed by atoms with Crippen LogP contribution in [0.25, 0.3) is 0 Å². The maximum absolute atomic E-state index is 3.16. The van der Waals surface area contributed by atoms with Gasteiger partial charge in [-0.25, -0.2) is 0 Å². The Hall–Kier alpha value is -0.655. The molecule has 1 rings (SSSR count). The zero-order valence-corrected chi connectivity index (χ0v) is 4.44. The highest BCUT2D eigenvalue weighted by atomic mass is 14.8. The molecule has 0 aromatic rings. The molecule has 0 radical (unpaired) electrons. The molecule has 0 saturated carbocycles. The van der Waals surface area contributed by atoms with Gasteiger partial charge in [-0.1, -0.05) is 18.2 Å². The molecule has 0 unspecified atom stereocenters. The Morgan fingerprint density at radius 3 is 2.86 bits per heavy atom. The van der Waals surface area contributed by atoms with Crippen LogP contribution in [0.1, 0.15) is 0 Å². The molecule has 0 saturated heterocycles. The van der Waals surface area contributed by atoms with Crippen LogP contribution < -0.4 is 5.32 Å². The number of allylic oxidation sites excluding steroid dienone is 2. The molecular formula is C5H8BN. The molecule has 0 fully saturated rings. The number of hydrogen-bond donors (Lipinski definition) is 1. The highest BCUT2D eigenvalue weighted by Gasteiger charge is 1.85. The third-order valence-corrected chi connectivity index (χ3v) is 0.981. The van der Waals surface area contributed by atoms with Crippen molar-refractivity contribution in [3.05, 3.63) is 23.8 Å². The number of rotatable bonds is 0. The van der Waals surface area contributed by atoms with Crippen molar-refractivity contribution < 1.29 is 0 Å². The first kappa shape index (κ1) is 4.50. The number of hydrogen-bond acceptors (Lipinski definition) is 1. The van der Waals surface area contributed by atoms with E-state index < -0.39 is 0 Å². The monoisotopic (exact) mass is 93.1 g/mol. The van der Waals surface area contributed by atoms with E-state index in [-0.39, 0.29) is 0 Å². The third-order valence-electron chi connectivity index (χ3n) is 0.981. The molecule has 0 bridgehead atoms. The average Bonchev–Trinajstić information content (AvgIpc) is 1.69. The van der Waals surface area contributed by atoms with E-state index in [1.54, 1.807) is 0 Å². The molecule has 0 aliphatic carbocycles. The average molecular weight is 92.9 g/mol. The van der Waals surface area contributed by atoms with Crippen LogP contribution in [0.2, 0.25) is 0 Å². The van der Waals surface area contributed by atoms with Crippen LogP contribution in [0, 0.1) is 0 Å². The molecule has 0 aromatic carbocycles. The molecule has 1 N–H and O–H groups in total. The Morgan fingerprint density at radius 1 is 1.71 bits per heavy atom. The molecule has 0 atom stereocenters. The lowest BCUT2D eigenvalue weighted by atomic mass is 10.0. The normalized spacial score (nSPS) is 18.0. The summed E-state index contributed by atoms with van der Waals surface area (Å²) in [6.07, 6.45) is 6.21. The molecule has 0 spiro atoms. The van der Waals surface area contributed by atoms with Crippen LogP contribution in [-0.2, 0) is 0 Å². The van der Waals surface area contributed by atoms with Crippen molar-refractivity contribution in [1.82, 2.24) is 5.32 Å². The summed E-state index contributed by atoms with van der Waals surface area (Å²) in [6, 6.07) is 0. The van der Waals surface area contributed by atoms with Crippen molar-refractivity contribution >= 4 is 7.85 Å². The molecule has 2 heteroatoms. The van der Waals surface area contributed by atoms with E-state index in [1.807, 2.05) is 0 Å². The summed E-state index contributed by atoms with van der Waals surface area (Å²) in [5.74, 6) is 0. The van der Waals surface area contributed by atoms with Crippen LogP contribution in [0.15, 0.2) is 23.8 Å². The van der Waals surface area contributed by atoms with Gasteiger partial charge in [-0.05, 0) is 5.60 Å². The van der Waals surface area contributed by atoms with Gasteiger partial charge < -0.3 is 5.32 Å². The maximum atomic E-state index is 3.16. The molecule has 7 heavy (non-hydrogen) atoms. The first-order chi connectivity index (χ1) is 3.39. The topological polar surface area (TPSA) is 12.0 Å². The van der Waals surface area contributed by atoms with Gasteiger partial charge in [-0.3, -0.25) is 0 Å². The molecular weight excluding hydrogens is 84.9 g/mol. The maximum Gasteiger partial charge on any atom is 0.160 e. The first-order valence-corrected chi connectivity index (χ1v) is 2.47. The first-order valence-electron chi connectivity index (χ1n) is 2.47. The van der Waals surface area contributed by atoms with E-state index >= 15 is 0 Å². The summed E-state index contributed by atoms with van der Waals surface area (Å²) < 4.78 is 0. The summed E-state index contributed by atoms with van der Waals surface area (Å²) in [6.45, 7) is 0.988. The Kier molecular flexibility index (Phi) is 1.20. The van der Waals surface area contributed by atoms with Gasteiger partial charge in [0.15, 0.2) is 7.85 Å². The van der Waals surface area contributed by atoms with Crippen LogP contribution in [-0.4, -0.2) is 14.4 Å². The molecule has 0 amide bonds. The largest absolute Gasteiger partial charge is 0.393 e. The van der Waals surface area contributed by atoms with Gasteiger partial charge in [-0.15, -0.1) is 0 Å². The van der Waals surface area contributed by atoms with Crippen LogP contribution in [0.4, 0.5) is 0 Å². The zero-order chi connectivity index (χ0) is 5.11. The van der Waals surface area contributed by atoms with Gasteiger partial charge in [0, 0.05) is 6.54 Å². The molecule has 1 aliphatic heterocycles. The molecule has 1 aliphatic rings. The summed E-state index contributed by atoms with van der Waals surface area (Å²) in [5, 5.41) is 3.16. The van der Waals surface area contributed by atoms with E-state index in [0.29, 0.717) is 0 Å². The highest BCUT2D eigenvalue weighted by molar-refractivity contribution is 6.21. The summed E-state index contributed by atoms with van der Waals surface area (Å²) in [4.78, 5) is 0.